The van der Waals surface area contributed by atoms with Gasteiger partial charge in [-0.25, -0.2) is 0 Å². The first-order valence-electron chi connectivity index (χ1n) is 10.8. The lowest BCUT2D eigenvalue weighted by Crippen LogP contribution is -2.48. The Morgan fingerprint density at radius 3 is 2.43 bits per heavy atom. The average molecular weight is 408 g/mol. The third-order valence-electron chi connectivity index (χ3n) is 6.28. The van der Waals surface area contributed by atoms with Crippen LogP contribution in [0.25, 0.3) is 11.1 Å². The number of benzene rings is 1. The SMILES string of the molecule is O=C1CCCN1CCNC(=O)C1(Cc2ccc(-c3ccncc3)cc2)CCOCC1. The van der Waals surface area contributed by atoms with Crippen LogP contribution in [0.4, 0.5) is 0 Å². The molecule has 2 amide bonds. The Hall–Kier alpha value is -2.73. The van der Waals surface area contributed by atoms with Crippen LogP contribution in [-0.2, 0) is 20.7 Å². The van der Waals surface area contributed by atoms with Gasteiger partial charge in [0.1, 0.15) is 0 Å². The summed E-state index contributed by atoms with van der Waals surface area (Å²) in [6.45, 7) is 3.11. The summed E-state index contributed by atoms with van der Waals surface area (Å²) in [7, 11) is 0. The number of carbonyl (C=O) groups is 2. The number of hydrogen-bond donors (Lipinski definition) is 1. The van der Waals surface area contributed by atoms with Gasteiger partial charge in [-0.05, 0) is 54.5 Å². The fraction of sp³-hybridized carbons (Fsp3) is 0.458. The highest BCUT2D eigenvalue weighted by atomic mass is 16.5. The van der Waals surface area contributed by atoms with Crippen molar-refractivity contribution in [1.29, 1.82) is 0 Å². The molecule has 0 unspecified atom stereocenters. The number of hydrogen-bond acceptors (Lipinski definition) is 4. The molecule has 0 atom stereocenters. The molecule has 2 aliphatic heterocycles. The maximum absolute atomic E-state index is 13.2. The van der Waals surface area contributed by atoms with Gasteiger partial charge in [0, 0.05) is 51.7 Å². The van der Waals surface area contributed by atoms with Crippen molar-refractivity contribution in [2.45, 2.75) is 32.1 Å². The van der Waals surface area contributed by atoms with Gasteiger partial charge in [-0.2, -0.15) is 0 Å². The Bertz CT molecular complexity index is 861. The Morgan fingerprint density at radius 1 is 1.07 bits per heavy atom. The van der Waals surface area contributed by atoms with E-state index < -0.39 is 5.41 Å². The third-order valence-corrected chi connectivity index (χ3v) is 6.28. The fourth-order valence-corrected chi connectivity index (χ4v) is 4.43. The Balaban J connectivity index is 1.41. The summed E-state index contributed by atoms with van der Waals surface area (Å²) in [5.74, 6) is 0.273. The maximum Gasteiger partial charge on any atom is 0.226 e. The monoisotopic (exact) mass is 407 g/mol. The molecule has 30 heavy (non-hydrogen) atoms. The second-order valence-electron chi connectivity index (χ2n) is 8.24. The fourth-order valence-electron chi connectivity index (χ4n) is 4.43. The molecule has 0 aliphatic carbocycles. The minimum Gasteiger partial charge on any atom is -0.381 e. The van der Waals surface area contributed by atoms with Crippen molar-refractivity contribution in [3.05, 3.63) is 54.4 Å². The van der Waals surface area contributed by atoms with Crippen LogP contribution in [-0.4, -0.2) is 54.5 Å². The van der Waals surface area contributed by atoms with Crippen LogP contribution in [0.5, 0.6) is 0 Å². The number of carbonyl (C=O) groups excluding carboxylic acids is 2. The third kappa shape index (κ3) is 4.70. The molecule has 0 bridgehead atoms. The number of rotatable bonds is 7. The van der Waals surface area contributed by atoms with E-state index in [1.54, 1.807) is 12.4 Å². The molecule has 158 valence electrons. The van der Waals surface area contributed by atoms with Crippen molar-refractivity contribution in [2.24, 2.45) is 5.41 Å². The first-order valence-corrected chi connectivity index (χ1v) is 10.8. The lowest BCUT2D eigenvalue weighted by Gasteiger charge is -2.36. The first kappa shape index (κ1) is 20.5. The topological polar surface area (TPSA) is 71.5 Å². The molecule has 6 heteroatoms. The summed E-state index contributed by atoms with van der Waals surface area (Å²) in [6, 6.07) is 12.4. The van der Waals surface area contributed by atoms with Crippen LogP contribution in [0.15, 0.2) is 48.8 Å². The smallest absolute Gasteiger partial charge is 0.226 e. The van der Waals surface area contributed by atoms with Crippen LogP contribution in [0.1, 0.15) is 31.2 Å². The standard InChI is InChI=1S/C24H29N3O3/c28-22-2-1-14-27(22)15-13-26-23(29)24(9-16-30-17-10-24)18-19-3-5-20(6-4-19)21-7-11-25-12-8-21/h3-8,11-12H,1-2,9-10,13-18H2,(H,26,29). The van der Waals surface area contributed by atoms with Crippen molar-refractivity contribution in [1.82, 2.24) is 15.2 Å². The molecule has 2 aromatic rings. The zero-order chi connectivity index (χ0) is 20.8. The largest absolute Gasteiger partial charge is 0.381 e. The number of aromatic nitrogens is 1. The lowest BCUT2D eigenvalue weighted by molar-refractivity contribution is -0.137. The minimum atomic E-state index is -0.453. The molecule has 4 rings (SSSR count). The van der Waals surface area contributed by atoms with Crippen LogP contribution in [0.2, 0.25) is 0 Å². The van der Waals surface area contributed by atoms with Gasteiger partial charge in [-0.1, -0.05) is 24.3 Å². The van der Waals surface area contributed by atoms with E-state index >= 15 is 0 Å². The van der Waals surface area contributed by atoms with Crippen LogP contribution < -0.4 is 5.32 Å². The quantitative estimate of drug-likeness (QED) is 0.766. The molecule has 0 radical (unpaired) electrons. The second kappa shape index (κ2) is 9.39. The molecule has 1 aromatic heterocycles. The number of likely N-dealkylation sites (tertiary alicyclic amines) is 1. The van der Waals surface area contributed by atoms with Crippen LogP contribution in [0, 0.1) is 5.41 Å². The minimum absolute atomic E-state index is 0.0793. The summed E-state index contributed by atoms with van der Waals surface area (Å²) in [4.78, 5) is 30.9. The van der Waals surface area contributed by atoms with E-state index in [1.807, 2.05) is 17.0 Å². The van der Waals surface area contributed by atoms with Gasteiger partial charge < -0.3 is 15.0 Å². The van der Waals surface area contributed by atoms with Gasteiger partial charge in [0.25, 0.3) is 0 Å². The van der Waals surface area contributed by atoms with Gasteiger partial charge in [0.05, 0.1) is 5.41 Å². The van der Waals surface area contributed by atoms with Gasteiger partial charge in [-0.3, -0.25) is 14.6 Å². The highest BCUT2D eigenvalue weighted by Crippen LogP contribution is 2.35. The number of ether oxygens (including phenoxy) is 1. The van der Waals surface area contributed by atoms with E-state index in [-0.39, 0.29) is 11.8 Å². The van der Waals surface area contributed by atoms with Crippen molar-refractivity contribution in [3.8, 4) is 11.1 Å². The number of amides is 2. The molecule has 2 aliphatic rings. The van der Waals surface area contributed by atoms with Crippen molar-refractivity contribution >= 4 is 11.8 Å². The van der Waals surface area contributed by atoms with Gasteiger partial charge in [0.2, 0.25) is 11.8 Å². The summed E-state index contributed by atoms with van der Waals surface area (Å²) in [5, 5.41) is 3.10. The summed E-state index contributed by atoms with van der Waals surface area (Å²) in [5.41, 5.74) is 2.97. The maximum atomic E-state index is 13.2. The molecule has 1 N–H and O–H groups in total. The molecule has 6 nitrogen and oxygen atoms in total. The van der Waals surface area contributed by atoms with E-state index in [4.69, 9.17) is 4.74 Å². The predicted molar refractivity (Wildman–Crippen MR) is 115 cm³/mol. The highest BCUT2D eigenvalue weighted by molar-refractivity contribution is 5.83. The van der Waals surface area contributed by atoms with E-state index in [2.05, 4.69) is 34.6 Å². The molecular formula is C24H29N3O3. The predicted octanol–water partition coefficient (Wildman–Crippen LogP) is 2.83. The van der Waals surface area contributed by atoms with Gasteiger partial charge in [-0.15, -0.1) is 0 Å². The van der Waals surface area contributed by atoms with Gasteiger partial charge >= 0.3 is 0 Å². The summed E-state index contributed by atoms with van der Waals surface area (Å²) in [6.07, 6.45) is 7.26. The Morgan fingerprint density at radius 2 is 1.77 bits per heavy atom. The van der Waals surface area contributed by atoms with E-state index in [0.717, 1.165) is 29.7 Å². The number of nitrogens with one attached hydrogen (secondary N) is 1. The molecular weight excluding hydrogens is 378 g/mol. The number of pyridine rings is 1. The zero-order valence-electron chi connectivity index (χ0n) is 17.3. The second-order valence-corrected chi connectivity index (χ2v) is 8.24. The lowest BCUT2D eigenvalue weighted by atomic mass is 9.74. The van der Waals surface area contributed by atoms with Crippen LogP contribution in [0.3, 0.4) is 0 Å². The normalized spacial score (nSPS) is 18.4. The van der Waals surface area contributed by atoms with E-state index in [0.29, 0.717) is 52.0 Å². The average Bonchev–Trinajstić information content (AvgIpc) is 3.20. The van der Waals surface area contributed by atoms with E-state index in [9.17, 15) is 9.59 Å². The molecule has 3 heterocycles. The van der Waals surface area contributed by atoms with E-state index in [1.165, 1.54) is 0 Å². The Labute approximate surface area is 177 Å². The van der Waals surface area contributed by atoms with Gasteiger partial charge in [0.15, 0.2) is 0 Å². The van der Waals surface area contributed by atoms with Crippen molar-refractivity contribution in [2.75, 3.05) is 32.8 Å². The summed E-state index contributed by atoms with van der Waals surface area (Å²) < 4.78 is 5.55. The molecule has 0 spiro atoms. The summed E-state index contributed by atoms with van der Waals surface area (Å²) >= 11 is 0. The first-order chi connectivity index (χ1) is 14.7. The molecule has 2 saturated heterocycles. The number of nitrogens with zero attached hydrogens (tertiary/aromatic N) is 2. The highest BCUT2D eigenvalue weighted by Gasteiger charge is 2.40. The molecule has 1 aromatic carbocycles. The molecule has 0 saturated carbocycles. The zero-order valence-corrected chi connectivity index (χ0v) is 17.3. The Kier molecular flexibility index (Phi) is 6.43. The van der Waals surface area contributed by atoms with Crippen molar-refractivity contribution in [3.63, 3.8) is 0 Å². The van der Waals surface area contributed by atoms with Crippen molar-refractivity contribution < 1.29 is 14.3 Å². The molecule has 2 fully saturated rings. The van der Waals surface area contributed by atoms with Crippen LogP contribution >= 0.6 is 0 Å².